The number of rotatable bonds is 10. The molecule has 3 saturated heterocycles. The van der Waals surface area contributed by atoms with Gasteiger partial charge in [-0.15, -0.1) is 0 Å². The molecule has 4 aromatic rings. The highest BCUT2D eigenvalue weighted by molar-refractivity contribution is 5.97. The molecule has 6 bridgehead atoms. The van der Waals surface area contributed by atoms with Gasteiger partial charge in [0.05, 0.1) is 36.7 Å². The monoisotopic (exact) mass is 936 g/mol. The number of pyridine rings is 1. The van der Waals surface area contributed by atoms with E-state index in [-0.39, 0.29) is 56.3 Å². The molecule has 0 saturated carbocycles. The average molecular weight is 937 g/mol. The summed E-state index contributed by atoms with van der Waals surface area (Å²) in [4.78, 5) is 77.1. The molecule has 0 spiro atoms. The molecule has 68 heavy (non-hydrogen) atoms. The summed E-state index contributed by atoms with van der Waals surface area (Å²) in [6, 6.07) is 11.5. The van der Waals surface area contributed by atoms with Gasteiger partial charge in [0.1, 0.15) is 23.9 Å². The Labute approximate surface area is 396 Å². The van der Waals surface area contributed by atoms with Gasteiger partial charge < -0.3 is 39.6 Å². The Bertz CT molecular complexity index is 2610. The number of likely N-dealkylation sites (N-methyl/N-ethyl adjacent to an activating group) is 1. The molecule has 4 amide bonds. The van der Waals surface area contributed by atoms with Crippen LogP contribution in [-0.2, 0) is 52.8 Å². The number of phenols is 1. The van der Waals surface area contributed by atoms with E-state index in [0.717, 1.165) is 43.9 Å². The lowest BCUT2D eigenvalue weighted by molar-refractivity contribution is -0.155. The van der Waals surface area contributed by atoms with Gasteiger partial charge >= 0.3 is 5.97 Å². The van der Waals surface area contributed by atoms with Gasteiger partial charge in [0.25, 0.3) is 11.8 Å². The number of amides is 4. The molecule has 4 N–H and O–H groups in total. The van der Waals surface area contributed by atoms with Crippen LogP contribution >= 0.6 is 0 Å². The molecule has 17 heteroatoms. The Balaban J connectivity index is 1.18. The summed E-state index contributed by atoms with van der Waals surface area (Å²) in [5.41, 5.74) is 6.85. The number of ether oxygens (including phenoxy) is 2. The third kappa shape index (κ3) is 9.70. The summed E-state index contributed by atoms with van der Waals surface area (Å²) in [5.74, 6) is -3.50. The molecule has 4 aliphatic heterocycles. The van der Waals surface area contributed by atoms with Crippen LogP contribution in [0.1, 0.15) is 83.7 Å². The van der Waals surface area contributed by atoms with E-state index in [1.165, 1.54) is 17.0 Å². The van der Waals surface area contributed by atoms with Crippen LogP contribution in [0.3, 0.4) is 0 Å². The molecule has 2 aromatic carbocycles. The van der Waals surface area contributed by atoms with Crippen molar-refractivity contribution >= 4 is 40.5 Å². The number of alkyl halides is 1. The zero-order valence-corrected chi connectivity index (χ0v) is 40.4. The van der Waals surface area contributed by atoms with Crippen LogP contribution in [0.4, 0.5) is 4.39 Å². The van der Waals surface area contributed by atoms with Gasteiger partial charge in [0.2, 0.25) is 17.5 Å². The number of fused-ring (bicyclic) bond motifs is 6. The lowest BCUT2D eigenvalue weighted by Gasteiger charge is -2.37. The van der Waals surface area contributed by atoms with Crippen LogP contribution in [0.15, 0.2) is 54.7 Å². The number of aromatic hydroxyl groups is 1. The topological polar surface area (TPSA) is 198 Å². The van der Waals surface area contributed by atoms with Crippen LogP contribution in [0.25, 0.3) is 33.3 Å². The number of hydrogen-bond acceptors (Lipinski definition) is 11. The van der Waals surface area contributed by atoms with Crippen molar-refractivity contribution in [2.45, 2.75) is 116 Å². The van der Waals surface area contributed by atoms with Gasteiger partial charge in [-0.3, -0.25) is 34.0 Å². The maximum atomic E-state index is 16.5. The van der Waals surface area contributed by atoms with Crippen LogP contribution in [0.2, 0.25) is 0 Å². The van der Waals surface area contributed by atoms with Crippen LogP contribution < -0.4 is 16.1 Å². The summed E-state index contributed by atoms with van der Waals surface area (Å²) in [7, 11) is 3.03. The SMILES string of the molecule is CCn1c(-c2cccnc2[C@H](C)OC)c2c3cc(ccc31)-c1cc(O)cc(c1)C[C@H](NC(=O)C(C(C)C)N(C)C(=O)[C@@]1(F)CCN(C(=O)[C@@H]3CN3)C1)C(=O)N1CCC[C@H](N1)C(=O)OCC(C)(C)C2. The van der Waals surface area contributed by atoms with Gasteiger partial charge in [-0.05, 0) is 97.7 Å². The predicted molar refractivity (Wildman–Crippen MR) is 254 cm³/mol. The highest BCUT2D eigenvalue weighted by atomic mass is 19.1. The standard InChI is InChI=1S/C51H65FN8O8/c1-9-59-41-15-14-32-24-36(41)37(44(59)35-12-10-17-53-42(35)30(4)67-8)25-50(5,6)28-68-48(65)38-13-11-18-60(56-38)47(64)39(22-31-20-33(32)23-34(61)21-31)55-45(62)43(29(2)3)57(7)49(66)51(52)16-19-58(27-51)46(63)40-26-54-40/h10,12,14-15,17,20-21,23-24,29-30,38-40,43,54,56,61H,9,11,13,16,18-19,22,25-28H2,1-8H3,(H,55,62)/t30-,38-,39-,40-,43?,51+/m0/s1. The zero-order valence-electron chi connectivity index (χ0n) is 40.4. The average Bonchev–Trinajstić information content (AvgIpc) is 4.03. The number of aryl methyl sites for hydroxylation is 1. The van der Waals surface area contributed by atoms with Crippen molar-refractivity contribution < 1.29 is 42.9 Å². The number of carbonyl (C=O) groups is 5. The van der Waals surface area contributed by atoms with E-state index in [1.807, 2.05) is 25.1 Å². The number of halogens is 1. The van der Waals surface area contributed by atoms with Crippen molar-refractivity contribution in [1.29, 1.82) is 0 Å². The molecule has 6 atom stereocenters. The maximum absolute atomic E-state index is 16.5. The summed E-state index contributed by atoms with van der Waals surface area (Å²) in [6.45, 7) is 12.8. The molecular weight excluding hydrogens is 872 g/mol. The first-order chi connectivity index (χ1) is 32.3. The largest absolute Gasteiger partial charge is 0.508 e. The Kier molecular flexibility index (Phi) is 13.7. The van der Waals surface area contributed by atoms with Crippen molar-refractivity contribution in [2.24, 2.45) is 11.3 Å². The van der Waals surface area contributed by atoms with Crippen molar-refractivity contribution in [3.05, 3.63) is 71.5 Å². The van der Waals surface area contributed by atoms with E-state index in [2.05, 4.69) is 59.6 Å². The van der Waals surface area contributed by atoms with Gasteiger partial charge in [0.15, 0.2) is 0 Å². The minimum Gasteiger partial charge on any atom is -0.508 e. The minimum atomic E-state index is -2.40. The third-order valence-electron chi connectivity index (χ3n) is 13.9. The first-order valence-electron chi connectivity index (χ1n) is 23.8. The third-order valence-corrected chi connectivity index (χ3v) is 13.9. The normalized spacial score (nSPS) is 23.8. The fraction of sp³-hybridized carbons (Fsp3) is 0.529. The number of cyclic esters (lactones) is 1. The Hall–Kier alpha value is -5.91. The number of hydrazine groups is 1. The molecule has 8 rings (SSSR count). The lowest BCUT2D eigenvalue weighted by atomic mass is 9.84. The number of nitrogens with one attached hydrogen (secondary N) is 3. The Morgan fingerprint density at radius 2 is 1.85 bits per heavy atom. The molecular formula is C51H65FN8O8. The minimum absolute atomic E-state index is 0.0506. The molecule has 1 unspecified atom stereocenters. The first-order valence-corrected chi connectivity index (χ1v) is 23.8. The van der Waals surface area contributed by atoms with Gasteiger partial charge in [-0.1, -0.05) is 39.8 Å². The number of esters is 1. The number of phenolic OH excluding ortho intramolecular Hbond substituents is 1. The van der Waals surface area contributed by atoms with Crippen molar-refractivity contribution in [3.8, 4) is 28.1 Å². The molecule has 2 aromatic heterocycles. The molecule has 3 fully saturated rings. The van der Waals surface area contributed by atoms with Gasteiger partial charge in [0, 0.05) is 81.3 Å². The molecule has 4 aliphatic rings. The number of nitrogens with zero attached hydrogens (tertiary/aromatic N) is 5. The number of carbonyl (C=O) groups excluding carboxylic acids is 5. The second-order valence-electron chi connectivity index (χ2n) is 20.1. The first kappa shape index (κ1) is 48.5. The van der Waals surface area contributed by atoms with Crippen molar-refractivity contribution in [2.75, 3.05) is 46.9 Å². The second kappa shape index (κ2) is 19.2. The van der Waals surface area contributed by atoms with E-state index in [9.17, 15) is 29.1 Å². The lowest BCUT2D eigenvalue weighted by Crippen LogP contribution is -2.62. The molecule has 0 radical (unpaired) electrons. The van der Waals surface area contributed by atoms with Crippen LogP contribution in [-0.4, -0.2) is 136 Å². The number of likely N-dealkylation sites (tertiary alicyclic amines) is 1. The van der Waals surface area contributed by atoms with E-state index >= 15 is 4.39 Å². The van der Waals surface area contributed by atoms with Gasteiger partial charge in [-0.25, -0.2) is 9.82 Å². The quantitative estimate of drug-likeness (QED) is 0.125. The highest BCUT2D eigenvalue weighted by Gasteiger charge is 2.51. The Morgan fingerprint density at radius 3 is 2.56 bits per heavy atom. The van der Waals surface area contributed by atoms with Crippen LogP contribution in [0.5, 0.6) is 5.75 Å². The summed E-state index contributed by atoms with van der Waals surface area (Å²) in [5, 5.41) is 19.5. The van der Waals surface area contributed by atoms with E-state index in [1.54, 1.807) is 39.3 Å². The molecule has 16 nitrogen and oxygen atoms in total. The van der Waals surface area contributed by atoms with Gasteiger partial charge in [-0.2, -0.15) is 0 Å². The maximum Gasteiger partial charge on any atom is 0.324 e. The van der Waals surface area contributed by atoms with Crippen molar-refractivity contribution in [1.82, 2.24) is 40.4 Å². The number of methoxy groups -OCH3 is 1. The molecule has 364 valence electrons. The van der Waals surface area contributed by atoms with Crippen LogP contribution in [0, 0.1) is 11.3 Å². The number of benzene rings is 2. The fourth-order valence-corrected chi connectivity index (χ4v) is 10.3. The zero-order chi connectivity index (χ0) is 48.8. The molecule has 6 heterocycles. The fourth-order valence-electron chi connectivity index (χ4n) is 10.3. The Morgan fingerprint density at radius 1 is 1.09 bits per heavy atom. The second-order valence-corrected chi connectivity index (χ2v) is 20.1. The highest BCUT2D eigenvalue weighted by Crippen LogP contribution is 2.42. The van der Waals surface area contributed by atoms with E-state index in [0.29, 0.717) is 43.5 Å². The predicted octanol–water partition coefficient (Wildman–Crippen LogP) is 4.85. The summed E-state index contributed by atoms with van der Waals surface area (Å²) < 4.78 is 30.7. The smallest absolute Gasteiger partial charge is 0.324 e. The van der Waals surface area contributed by atoms with E-state index < -0.39 is 65.4 Å². The number of hydrogen-bond donors (Lipinski definition) is 4. The number of aromatic nitrogens is 2. The summed E-state index contributed by atoms with van der Waals surface area (Å²) in [6.07, 6.45) is 2.57. The summed E-state index contributed by atoms with van der Waals surface area (Å²) >= 11 is 0. The van der Waals surface area contributed by atoms with E-state index in [4.69, 9.17) is 14.5 Å². The van der Waals surface area contributed by atoms with Crippen molar-refractivity contribution in [3.63, 3.8) is 0 Å². The molecule has 0 aliphatic carbocycles.